The minimum absolute atomic E-state index is 0.0782. The van der Waals surface area contributed by atoms with Gasteiger partial charge in [-0.1, -0.05) is 12.1 Å². The van der Waals surface area contributed by atoms with E-state index in [1.54, 1.807) is 36.4 Å². The van der Waals surface area contributed by atoms with E-state index in [0.717, 1.165) is 17.7 Å². The molecule has 4 aromatic rings. The molecule has 0 unspecified atom stereocenters. The summed E-state index contributed by atoms with van der Waals surface area (Å²) in [6.07, 6.45) is 1.32. The van der Waals surface area contributed by atoms with Gasteiger partial charge in [0, 0.05) is 24.4 Å². The van der Waals surface area contributed by atoms with Crippen LogP contribution in [0, 0.1) is 11.6 Å². The average molecular weight is 435 g/mol. The predicted molar refractivity (Wildman–Crippen MR) is 117 cm³/mol. The van der Waals surface area contributed by atoms with Crippen molar-refractivity contribution in [2.75, 3.05) is 14.2 Å². The molecule has 0 saturated heterocycles. The van der Waals surface area contributed by atoms with Crippen molar-refractivity contribution in [3.05, 3.63) is 105 Å². The summed E-state index contributed by atoms with van der Waals surface area (Å²) in [6, 6.07) is 15.0. The number of ketones is 1. The Morgan fingerprint density at radius 1 is 0.938 bits per heavy atom. The smallest absolute Gasteiger partial charge is 0.200 e. The summed E-state index contributed by atoms with van der Waals surface area (Å²) in [6.45, 7) is 0.138. The molecule has 0 aliphatic heterocycles. The minimum Gasteiger partial charge on any atom is -0.497 e. The Kier molecular flexibility index (Phi) is 5.73. The summed E-state index contributed by atoms with van der Waals surface area (Å²) in [5, 5.41) is -0.204. The van der Waals surface area contributed by atoms with E-state index in [2.05, 4.69) is 0 Å². The number of halogens is 2. The van der Waals surface area contributed by atoms with Crippen molar-refractivity contribution in [3.63, 3.8) is 0 Å². The van der Waals surface area contributed by atoms with Crippen LogP contribution in [0.2, 0.25) is 0 Å². The molecule has 5 nitrogen and oxygen atoms in total. The summed E-state index contributed by atoms with van der Waals surface area (Å²) >= 11 is 0. The first-order valence-electron chi connectivity index (χ1n) is 9.75. The quantitative estimate of drug-likeness (QED) is 0.416. The van der Waals surface area contributed by atoms with Gasteiger partial charge >= 0.3 is 0 Å². The van der Waals surface area contributed by atoms with Crippen LogP contribution in [0.4, 0.5) is 8.78 Å². The van der Waals surface area contributed by atoms with Gasteiger partial charge in [0.05, 0.1) is 30.7 Å². The first-order chi connectivity index (χ1) is 15.4. The third kappa shape index (κ3) is 3.97. The second kappa shape index (κ2) is 8.63. The molecular formula is C25H19F2NO4. The van der Waals surface area contributed by atoms with Crippen LogP contribution in [-0.4, -0.2) is 24.6 Å². The van der Waals surface area contributed by atoms with Crippen molar-refractivity contribution in [2.45, 2.75) is 6.54 Å². The van der Waals surface area contributed by atoms with E-state index in [4.69, 9.17) is 9.47 Å². The lowest BCUT2D eigenvalue weighted by atomic mass is 10.0. The van der Waals surface area contributed by atoms with Gasteiger partial charge in [-0.15, -0.1) is 0 Å². The van der Waals surface area contributed by atoms with Crippen LogP contribution in [0.15, 0.2) is 71.7 Å². The number of benzene rings is 3. The summed E-state index contributed by atoms with van der Waals surface area (Å²) in [7, 11) is 3.03. The molecule has 0 N–H and O–H groups in total. The number of fused-ring (bicyclic) bond motifs is 1. The molecule has 0 amide bonds. The highest BCUT2D eigenvalue weighted by Gasteiger charge is 2.20. The number of pyridine rings is 1. The fourth-order valence-corrected chi connectivity index (χ4v) is 3.61. The molecule has 162 valence electrons. The maximum atomic E-state index is 14.8. The molecule has 7 heteroatoms. The van der Waals surface area contributed by atoms with Crippen molar-refractivity contribution in [1.29, 1.82) is 0 Å². The van der Waals surface area contributed by atoms with Gasteiger partial charge in [0.1, 0.15) is 17.3 Å². The first kappa shape index (κ1) is 21.2. The Balaban J connectivity index is 1.90. The average Bonchev–Trinajstić information content (AvgIpc) is 2.80. The molecule has 0 bridgehead atoms. The van der Waals surface area contributed by atoms with Gasteiger partial charge < -0.3 is 14.0 Å². The summed E-state index contributed by atoms with van der Waals surface area (Å²) in [5.41, 5.74) is 0.00935. The van der Waals surface area contributed by atoms with Crippen molar-refractivity contribution in [3.8, 4) is 11.5 Å². The number of hydrogen-bond donors (Lipinski definition) is 0. The highest BCUT2D eigenvalue weighted by molar-refractivity contribution is 6.10. The van der Waals surface area contributed by atoms with Gasteiger partial charge in [-0.3, -0.25) is 9.59 Å². The number of carbonyl (C=O) groups is 1. The molecule has 0 spiro atoms. The molecule has 0 radical (unpaired) electrons. The fourth-order valence-electron chi connectivity index (χ4n) is 3.61. The number of ether oxygens (including phenoxy) is 2. The fraction of sp³-hybridized carbons (Fsp3) is 0.120. The van der Waals surface area contributed by atoms with E-state index < -0.39 is 22.8 Å². The highest BCUT2D eigenvalue weighted by Crippen LogP contribution is 2.22. The normalized spacial score (nSPS) is 10.9. The Labute approximate surface area is 182 Å². The lowest BCUT2D eigenvalue weighted by molar-refractivity contribution is 0.103. The molecule has 3 aromatic carbocycles. The summed E-state index contributed by atoms with van der Waals surface area (Å²) in [5.74, 6) is -1.17. The largest absolute Gasteiger partial charge is 0.497 e. The summed E-state index contributed by atoms with van der Waals surface area (Å²) in [4.78, 5) is 26.2. The van der Waals surface area contributed by atoms with Crippen molar-refractivity contribution >= 4 is 16.7 Å². The van der Waals surface area contributed by atoms with Gasteiger partial charge in [0.2, 0.25) is 5.43 Å². The van der Waals surface area contributed by atoms with Crippen molar-refractivity contribution in [2.24, 2.45) is 0 Å². The third-order valence-electron chi connectivity index (χ3n) is 5.17. The molecule has 1 aromatic heterocycles. The number of carbonyl (C=O) groups excluding carboxylic acids is 1. The number of aromatic nitrogens is 1. The predicted octanol–water partition coefficient (Wildman–Crippen LogP) is 4.58. The Morgan fingerprint density at radius 2 is 1.66 bits per heavy atom. The molecule has 0 aliphatic rings. The number of nitrogens with zero attached hydrogens (tertiary/aromatic N) is 1. The monoisotopic (exact) mass is 435 g/mol. The van der Waals surface area contributed by atoms with E-state index >= 15 is 0 Å². The summed E-state index contributed by atoms with van der Waals surface area (Å²) < 4.78 is 40.5. The van der Waals surface area contributed by atoms with Crippen LogP contribution in [0.1, 0.15) is 21.5 Å². The lowest BCUT2D eigenvalue weighted by Crippen LogP contribution is -2.21. The number of methoxy groups -OCH3 is 2. The van der Waals surface area contributed by atoms with Crippen LogP contribution >= 0.6 is 0 Å². The molecule has 32 heavy (non-hydrogen) atoms. The van der Waals surface area contributed by atoms with E-state index in [9.17, 15) is 18.4 Å². The molecule has 0 aliphatic carbocycles. The molecule has 0 saturated carbocycles. The third-order valence-corrected chi connectivity index (χ3v) is 5.17. The Morgan fingerprint density at radius 3 is 2.34 bits per heavy atom. The van der Waals surface area contributed by atoms with Crippen LogP contribution in [0.5, 0.6) is 11.5 Å². The van der Waals surface area contributed by atoms with Gasteiger partial charge in [0.15, 0.2) is 11.6 Å². The maximum Gasteiger partial charge on any atom is 0.200 e. The SMILES string of the molecule is COc1ccc(C(=O)c2cn(Cc3cccc(OC)c3)c3c(F)cc(F)cc3c2=O)cc1. The zero-order chi connectivity index (χ0) is 22.8. The minimum atomic E-state index is -0.894. The van der Waals surface area contributed by atoms with Crippen LogP contribution in [-0.2, 0) is 6.54 Å². The van der Waals surface area contributed by atoms with Gasteiger partial charge in [-0.05, 0) is 48.0 Å². The second-order valence-electron chi connectivity index (χ2n) is 7.19. The topological polar surface area (TPSA) is 57.5 Å². The molecule has 0 fully saturated rings. The number of hydrogen-bond acceptors (Lipinski definition) is 4. The van der Waals surface area contributed by atoms with Gasteiger partial charge in [-0.2, -0.15) is 0 Å². The zero-order valence-corrected chi connectivity index (χ0v) is 17.4. The maximum absolute atomic E-state index is 14.8. The highest BCUT2D eigenvalue weighted by atomic mass is 19.1. The van der Waals surface area contributed by atoms with Crippen molar-refractivity contribution < 1.29 is 23.0 Å². The number of rotatable bonds is 6. The van der Waals surface area contributed by atoms with E-state index in [-0.39, 0.29) is 28.6 Å². The Bertz CT molecular complexity index is 1380. The zero-order valence-electron chi connectivity index (χ0n) is 17.4. The van der Waals surface area contributed by atoms with E-state index in [1.807, 2.05) is 0 Å². The van der Waals surface area contributed by atoms with Crippen LogP contribution in [0.25, 0.3) is 10.9 Å². The van der Waals surface area contributed by atoms with E-state index in [0.29, 0.717) is 11.5 Å². The van der Waals surface area contributed by atoms with Gasteiger partial charge in [-0.25, -0.2) is 8.78 Å². The molecular weight excluding hydrogens is 416 g/mol. The molecule has 0 atom stereocenters. The van der Waals surface area contributed by atoms with Crippen LogP contribution in [0.3, 0.4) is 0 Å². The van der Waals surface area contributed by atoms with Gasteiger partial charge in [0.25, 0.3) is 0 Å². The molecule has 4 rings (SSSR count). The van der Waals surface area contributed by atoms with Crippen molar-refractivity contribution in [1.82, 2.24) is 4.57 Å². The molecule has 1 heterocycles. The van der Waals surface area contributed by atoms with E-state index in [1.165, 1.54) is 37.1 Å². The Hall–Kier alpha value is -4.00. The van der Waals surface area contributed by atoms with Crippen LogP contribution < -0.4 is 14.9 Å². The standard InChI is InChI=1S/C25H19F2NO4/c1-31-18-8-6-16(7-9-18)24(29)21-14-28(13-15-4-3-5-19(10-15)32-2)23-20(25(21)30)11-17(26)12-22(23)27/h3-12,14H,13H2,1-2H3. The lowest BCUT2D eigenvalue weighted by Gasteiger charge is -2.15. The first-order valence-corrected chi connectivity index (χ1v) is 9.75. The second-order valence-corrected chi connectivity index (χ2v) is 7.19.